The fraction of sp³-hybridized carbons (Fsp3) is 0.667. The van der Waals surface area contributed by atoms with Crippen molar-refractivity contribution in [2.24, 2.45) is 5.92 Å². The van der Waals surface area contributed by atoms with Crippen LogP contribution in [0.5, 0.6) is 0 Å². The van der Waals surface area contributed by atoms with Gasteiger partial charge in [-0.2, -0.15) is 5.10 Å². The SMILES string of the molecule is Cc1c(C(=O)NC2(C(=O)O)CCCC2)cnn1CC(C)C. The molecule has 0 aliphatic heterocycles. The lowest BCUT2D eigenvalue weighted by atomic mass is 9.97. The molecular weight excluding hydrogens is 270 g/mol. The predicted octanol–water partition coefficient (Wildman–Crippen LogP) is 1.97. The second-order valence-electron chi connectivity index (χ2n) is 6.27. The predicted molar refractivity (Wildman–Crippen MR) is 78.1 cm³/mol. The van der Waals surface area contributed by atoms with Gasteiger partial charge in [0.15, 0.2) is 0 Å². The van der Waals surface area contributed by atoms with Crippen LogP contribution >= 0.6 is 0 Å². The molecule has 1 aliphatic carbocycles. The van der Waals surface area contributed by atoms with E-state index in [-0.39, 0.29) is 5.91 Å². The number of rotatable bonds is 5. The zero-order valence-electron chi connectivity index (χ0n) is 12.8. The summed E-state index contributed by atoms with van der Waals surface area (Å²) in [5.74, 6) is -0.855. The average Bonchev–Trinajstić information content (AvgIpc) is 2.98. The molecule has 1 saturated carbocycles. The number of nitrogens with one attached hydrogen (secondary N) is 1. The highest BCUT2D eigenvalue weighted by Gasteiger charge is 2.43. The van der Waals surface area contributed by atoms with Crippen molar-refractivity contribution < 1.29 is 14.7 Å². The number of hydrogen-bond acceptors (Lipinski definition) is 3. The van der Waals surface area contributed by atoms with E-state index in [0.29, 0.717) is 24.3 Å². The number of aliphatic carboxylic acids is 1. The molecule has 0 saturated heterocycles. The highest BCUT2D eigenvalue weighted by molar-refractivity contribution is 5.98. The third kappa shape index (κ3) is 3.09. The fourth-order valence-electron chi connectivity index (χ4n) is 2.85. The topological polar surface area (TPSA) is 84.2 Å². The molecule has 116 valence electrons. The monoisotopic (exact) mass is 293 g/mol. The van der Waals surface area contributed by atoms with Gasteiger partial charge >= 0.3 is 5.97 Å². The minimum atomic E-state index is -1.11. The van der Waals surface area contributed by atoms with Crippen LogP contribution in [0.4, 0.5) is 0 Å². The van der Waals surface area contributed by atoms with Crippen LogP contribution in [-0.2, 0) is 11.3 Å². The summed E-state index contributed by atoms with van der Waals surface area (Å²) in [6.45, 7) is 6.74. The Labute approximate surface area is 124 Å². The molecule has 6 nitrogen and oxygen atoms in total. The van der Waals surface area contributed by atoms with Gasteiger partial charge in [-0.05, 0) is 25.7 Å². The number of carbonyl (C=O) groups is 2. The first-order valence-corrected chi connectivity index (χ1v) is 7.44. The quantitative estimate of drug-likeness (QED) is 0.869. The van der Waals surface area contributed by atoms with E-state index in [1.807, 2.05) is 6.92 Å². The summed E-state index contributed by atoms with van der Waals surface area (Å²) in [5, 5.41) is 16.4. The van der Waals surface area contributed by atoms with Crippen LogP contribution < -0.4 is 5.32 Å². The first-order chi connectivity index (χ1) is 9.85. The molecule has 2 rings (SSSR count). The van der Waals surface area contributed by atoms with Gasteiger partial charge in [-0.3, -0.25) is 9.48 Å². The van der Waals surface area contributed by atoms with Gasteiger partial charge in [-0.25, -0.2) is 4.79 Å². The molecule has 2 N–H and O–H groups in total. The zero-order valence-corrected chi connectivity index (χ0v) is 12.8. The molecule has 0 spiro atoms. The summed E-state index contributed by atoms with van der Waals surface area (Å²) >= 11 is 0. The molecule has 0 bridgehead atoms. The van der Waals surface area contributed by atoms with Gasteiger partial charge in [0.05, 0.1) is 11.8 Å². The van der Waals surface area contributed by atoms with Crippen molar-refractivity contribution in [3.63, 3.8) is 0 Å². The summed E-state index contributed by atoms with van der Waals surface area (Å²) in [5.41, 5.74) is 0.131. The summed E-state index contributed by atoms with van der Waals surface area (Å²) in [4.78, 5) is 23.9. The molecular formula is C15H23N3O3. The minimum Gasteiger partial charge on any atom is -0.480 e. The number of aromatic nitrogens is 2. The summed E-state index contributed by atoms with van der Waals surface area (Å²) < 4.78 is 1.79. The van der Waals surface area contributed by atoms with Gasteiger partial charge in [-0.15, -0.1) is 0 Å². The van der Waals surface area contributed by atoms with Crippen LogP contribution in [0, 0.1) is 12.8 Å². The van der Waals surface area contributed by atoms with E-state index in [2.05, 4.69) is 24.3 Å². The third-order valence-corrected chi connectivity index (χ3v) is 4.11. The lowest BCUT2D eigenvalue weighted by Gasteiger charge is -2.25. The Kier molecular flexibility index (Phi) is 4.34. The molecule has 0 radical (unpaired) electrons. The largest absolute Gasteiger partial charge is 0.480 e. The molecule has 1 heterocycles. The van der Waals surface area contributed by atoms with E-state index in [9.17, 15) is 14.7 Å². The lowest BCUT2D eigenvalue weighted by Crippen LogP contribution is -2.52. The molecule has 1 amide bonds. The maximum absolute atomic E-state index is 12.4. The van der Waals surface area contributed by atoms with E-state index in [1.165, 1.54) is 6.20 Å². The van der Waals surface area contributed by atoms with Crippen molar-refractivity contribution in [1.29, 1.82) is 0 Å². The first-order valence-electron chi connectivity index (χ1n) is 7.44. The number of carboxylic acid groups (broad SMARTS) is 1. The second-order valence-corrected chi connectivity index (χ2v) is 6.27. The van der Waals surface area contributed by atoms with Gasteiger partial charge in [0, 0.05) is 12.2 Å². The molecule has 1 aromatic heterocycles. The molecule has 1 aliphatic rings. The Morgan fingerprint density at radius 2 is 2.05 bits per heavy atom. The van der Waals surface area contributed by atoms with Crippen molar-refractivity contribution in [3.05, 3.63) is 17.5 Å². The van der Waals surface area contributed by atoms with Gasteiger partial charge in [0.2, 0.25) is 0 Å². The van der Waals surface area contributed by atoms with Crippen molar-refractivity contribution >= 4 is 11.9 Å². The van der Waals surface area contributed by atoms with Gasteiger partial charge < -0.3 is 10.4 Å². The summed E-state index contributed by atoms with van der Waals surface area (Å²) in [6.07, 6.45) is 4.17. The molecule has 1 fully saturated rings. The number of carbonyl (C=O) groups excluding carboxylic acids is 1. The van der Waals surface area contributed by atoms with Crippen LogP contribution in [0.15, 0.2) is 6.20 Å². The Hall–Kier alpha value is -1.85. The van der Waals surface area contributed by atoms with Crippen molar-refractivity contribution in [2.45, 2.75) is 58.5 Å². The molecule has 0 aromatic carbocycles. The Morgan fingerprint density at radius 3 is 2.57 bits per heavy atom. The molecule has 6 heteroatoms. The van der Waals surface area contributed by atoms with E-state index in [0.717, 1.165) is 25.1 Å². The van der Waals surface area contributed by atoms with Crippen LogP contribution in [0.3, 0.4) is 0 Å². The average molecular weight is 293 g/mol. The fourth-order valence-corrected chi connectivity index (χ4v) is 2.85. The zero-order chi connectivity index (χ0) is 15.6. The molecule has 1 aromatic rings. The van der Waals surface area contributed by atoms with Gasteiger partial charge in [0.1, 0.15) is 5.54 Å². The maximum Gasteiger partial charge on any atom is 0.329 e. The number of carboxylic acids is 1. The second kappa shape index (κ2) is 5.87. The summed E-state index contributed by atoms with van der Waals surface area (Å²) in [7, 11) is 0. The van der Waals surface area contributed by atoms with Gasteiger partial charge in [-0.1, -0.05) is 26.7 Å². The van der Waals surface area contributed by atoms with Crippen molar-refractivity contribution in [2.75, 3.05) is 0 Å². The smallest absolute Gasteiger partial charge is 0.329 e. The Bertz CT molecular complexity index is 542. The summed E-state index contributed by atoms with van der Waals surface area (Å²) in [6, 6.07) is 0. The van der Waals surface area contributed by atoms with Crippen LogP contribution in [0.2, 0.25) is 0 Å². The normalized spacial score (nSPS) is 17.1. The van der Waals surface area contributed by atoms with E-state index in [1.54, 1.807) is 4.68 Å². The van der Waals surface area contributed by atoms with E-state index in [4.69, 9.17) is 0 Å². The number of nitrogens with zero attached hydrogens (tertiary/aromatic N) is 2. The molecule has 0 atom stereocenters. The lowest BCUT2D eigenvalue weighted by molar-refractivity contribution is -0.144. The highest BCUT2D eigenvalue weighted by atomic mass is 16.4. The first kappa shape index (κ1) is 15.5. The van der Waals surface area contributed by atoms with Crippen molar-refractivity contribution in [1.82, 2.24) is 15.1 Å². The number of hydrogen-bond donors (Lipinski definition) is 2. The van der Waals surface area contributed by atoms with E-state index >= 15 is 0 Å². The van der Waals surface area contributed by atoms with Crippen LogP contribution in [0.1, 0.15) is 55.6 Å². The third-order valence-electron chi connectivity index (χ3n) is 4.11. The minimum absolute atomic E-state index is 0.341. The highest BCUT2D eigenvalue weighted by Crippen LogP contribution is 2.30. The molecule has 0 unspecified atom stereocenters. The maximum atomic E-state index is 12.4. The molecule has 21 heavy (non-hydrogen) atoms. The van der Waals surface area contributed by atoms with Crippen molar-refractivity contribution in [3.8, 4) is 0 Å². The van der Waals surface area contributed by atoms with Gasteiger partial charge in [0.25, 0.3) is 5.91 Å². The Morgan fingerprint density at radius 1 is 1.43 bits per heavy atom. The van der Waals surface area contributed by atoms with Crippen LogP contribution in [-0.4, -0.2) is 32.3 Å². The van der Waals surface area contributed by atoms with Crippen LogP contribution in [0.25, 0.3) is 0 Å². The van der Waals surface area contributed by atoms with E-state index < -0.39 is 11.5 Å². The Balaban J connectivity index is 2.17. The standard InChI is InChI=1S/C15H23N3O3/c1-10(2)9-18-11(3)12(8-16-18)13(19)17-15(14(20)21)6-4-5-7-15/h8,10H,4-7,9H2,1-3H3,(H,17,19)(H,20,21). The number of amides is 1.